The van der Waals surface area contributed by atoms with Crippen molar-refractivity contribution in [1.82, 2.24) is 19.8 Å². The van der Waals surface area contributed by atoms with Crippen molar-refractivity contribution >= 4 is 16.9 Å². The van der Waals surface area contributed by atoms with Crippen molar-refractivity contribution in [3.05, 3.63) is 30.1 Å². The number of imidazole rings is 1. The SMILES string of the molecule is CCCNC(=O)CN(CCC)Cc1nc2ccccc2n1C(F)F. The number of hydrogen-bond donors (Lipinski definition) is 1. The van der Waals surface area contributed by atoms with Crippen LogP contribution in [0.3, 0.4) is 0 Å². The van der Waals surface area contributed by atoms with Crippen molar-refractivity contribution in [3.8, 4) is 0 Å². The van der Waals surface area contributed by atoms with Gasteiger partial charge >= 0.3 is 6.55 Å². The highest BCUT2D eigenvalue weighted by Crippen LogP contribution is 2.23. The van der Waals surface area contributed by atoms with E-state index in [1.54, 1.807) is 24.3 Å². The number of para-hydroxylation sites is 2. The third kappa shape index (κ3) is 4.50. The van der Waals surface area contributed by atoms with Gasteiger partial charge in [-0.15, -0.1) is 0 Å². The molecule has 5 nitrogen and oxygen atoms in total. The largest absolute Gasteiger partial charge is 0.355 e. The Bertz CT molecular complexity index is 672. The first kappa shape index (κ1) is 18.3. The van der Waals surface area contributed by atoms with E-state index in [-0.39, 0.29) is 24.8 Å². The molecule has 0 bridgehead atoms. The number of fused-ring (bicyclic) bond motifs is 1. The van der Waals surface area contributed by atoms with Crippen LogP contribution in [-0.4, -0.2) is 40.0 Å². The zero-order valence-corrected chi connectivity index (χ0v) is 14.1. The highest BCUT2D eigenvalue weighted by molar-refractivity contribution is 5.78. The van der Waals surface area contributed by atoms with Crippen molar-refractivity contribution in [2.45, 2.75) is 39.8 Å². The molecule has 1 heterocycles. The van der Waals surface area contributed by atoms with E-state index in [0.29, 0.717) is 24.1 Å². The Morgan fingerprint density at radius 1 is 1.29 bits per heavy atom. The molecule has 0 radical (unpaired) electrons. The van der Waals surface area contributed by atoms with Crippen LogP contribution in [-0.2, 0) is 11.3 Å². The van der Waals surface area contributed by atoms with Crippen LogP contribution in [0.25, 0.3) is 11.0 Å². The monoisotopic (exact) mass is 338 g/mol. The van der Waals surface area contributed by atoms with Gasteiger partial charge in [-0.3, -0.25) is 14.3 Å². The number of amides is 1. The van der Waals surface area contributed by atoms with Crippen LogP contribution >= 0.6 is 0 Å². The fourth-order valence-corrected chi connectivity index (χ4v) is 2.68. The zero-order valence-electron chi connectivity index (χ0n) is 14.1. The molecule has 0 saturated carbocycles. The van der Waals surface area contributed by atoms with Crippen molar-refractivity contribution in [3.63, 3.8) is 0 Å². The molecule has 0 fully saturated rings. The lowest BCUT2D eigenvalue weighted by Crippen LogP contribution is -2.38. The number of carbonyl (C=O) groups excluding carboxylic acids is 1. The maximum atomic E-state index is 13.5. The van der Waals surface area contributed by atoms with E-state index in [1.165, 1.54) is 0 Å². The molecule has 0 atom stereocenters. The Hall–Kier alpha value is -2.02. The summed E-state index contributed by atoms with van der Waals surface area (Å²) < 4.78 is 27.9. The maximum Gasteiger partial charge on any atom is 0.320 e. The standard InChI is InChI=1S/C17H24F2N4O/c1-3-9-20-16(24)12-22(10-4-2)11-15-21-13-7-5-6-8-14(13)23(15)17(18)19/h5-8,17H,3-4,9-12H2,1-2H3,(H,20,24). The summed E-state index contributed by atoms with van der Waals surface area (Å²) in [5.41, 5.74) is 0.953. The van der Waals surface area contributed by atoms with Crippen LogP contribution in [0.15, 0.2) is 24.3 Å². The topological polar surface area (TPSA) is 50.2 Å². The average molecular weight is 338 g/mol. The number of hydrogen-bond acceptors (Lipinski definition) is 3. The number of rotatable bonds is 9. The quantitative estimate of drug-likeness (QED) is 0.764. The summed E-state index contributed by atoms with van der Waals surface area (Å²) in [5.74, 6) is 0.188. The Balaban J connectivity index is 2.20. The van der Waals surface area contributed by atoms with Gasteiger partial charge in [-0.2, -0.15) is 8.78 Å². The molecule has 132 valence electrons. The first-order valence-corrected chi connectivity index (χ1v) is 8.29. The molecule has 1 aromatic carbocycles. The number of carbonyl (C=O) groups is 1. The van der Waals surface area contributed by atoms with Crippen LogP contribution < -0.4 is 5.32 Å². The third-order valence-corrected chi connectivity index (χ3v) is 3.71. The number of nitrogens with one attached hydrogen (secondary N) is 1. The van der Waals surface area contributed by atoms with Gasteiger partial charge in [0.05, 0.1) is 24.1 Å². The summed E-state index contributed by atoms with van der Waals surface area (Å²) in [6.07, 6.45) is 1.69. The van der Waals surface area contributed by atoms with E-state index < -0.39 is 6.55 Å². The number of benzene rings is 1. The second kappa shape index (κ2) is 8.73. The molecule has 0 aliphatic carbocycles. The minimum Gasteiger partial charge on any atom is -0.355 e. The lowest BCUT2D eigenvalue weighted by Gasteiger charge is -2.21. The van der Waals surface area contributed by atoms with Gasteiger partial charge in [0.25, 0.3) is 0 Å². The molecule has 7 heteroatoms. The van der Waals surface area contributed by atoms with Crippen LogP contribution in [0, 0.1) is 0 Å². The van der Waals surface area contributed by atoms with Gasteiger partial charge in [0, 0.05) is 6.54 Å². The third-order valence-electron chi connectivity index (χ3n) is 3.71. The number of halogens is 2. The summed E-state index contributed by atoms with van der Waals surface area (Å²) in [6, 6.07) is 6.84. The molecule has 0 saturated heterocycles. The summed E-state index contributed by atoms with van der Waals surface area (Å²) >= 11 is 0. The van der Waals surface area contributed by atoms with E-state index in [9.17, 15) is 13.6 Å². The first-order chi connectivity index (χ1) is 11.6. The zero-order chi connectivity index (χ0) is 17.5. The van der Waals surface area contributed by atoms with Crippen molar-refractivity contribution in [1.29, 1.82) is 0 Å². The Morgan fingerprint density at radius 3 is 2.71 bits per heavy atom. The molecular weight excluding hydrogens is 314 g/mol. The second-order valence-corrected chi connectivity index (χ2v) is 5.73. The Labute approximate surface area is 140 Å². The molecule has 1 aromatic heterocycles. The van der Waals surface area contributed by atoms with Crippen molar-refractivity contribution < 1.29 is 13.6 Å². The van der Waals surface area contributed by atoms with Gasteiger partial charge in [0.1, 0.15) is 5.82 Å². The first-order valence-electron chi connectivity index (χ1n) is 8.29. The molecule has 1 N–H and O–H groups in total. The Kier molecular flexibility index (Phi) is 6.66. The molecule has 0 aliphatic heterocycles. The average Bonchev–Trinajstić information content (AvgIpc) is 2.91. The van der Waals surface area contributed by atoms with E-state index in [1.807, 2.05) is 18.7 Å². The van der Waals surface area contributed by atoms with E-state index in [0.717, 1.165) is 17.4 Å². The predicted molar refractivity (Wildman–Crippen MR) is 89.9 cm³/mol. The predicted octanol–water partition coefficient (Wildman–Crippen LogP) is 3.17. The fourth-order valence-electron chi connectivity index (χ4n) is 2.68. The molecule has 1 amide bonds. The van der Waals surface area contributed by atoms with Crippen LogP contribution in [0.5, 0.6) is 0 Å². The lowest BCUT2D eigenvalue weighted by atomic mass is 10.3. The summed E-state index contributed by atoms with van der Waals surface area (Å²) in [5, 5.41) is 2.81. The second-order valence-electron chi connectivity index (χ2n) is 5.73. The highest BCUT2D eigenvalue weighted by atomic mass is 19.3. The summed E-state index contributed by atoms with van der Waals surface area (Å²) in [4.78, 5) is 18.1. The molecule has 2 aromatic rings. The molecule has 0 spiro atoms. The van der Waals surface area contributed by atoms with E-state index in [2.05, 4.69) is 10.3 Å². The molecule has 0 aliphatic rings. The normalized spacial score (nSPS) is 11.6. The van der Waals surface area contributed by atoms with Gasteiger partial charge < -0.3 is 5.32 Å². The number of aromatic nitrogens is 2. The maximum absolute atomic E-state index is 13.5. The minimum absolute atomic E-state index is 0.0926. The summed E-state index contributed by atoms with van der Waals surface area (Å²) in [6.45, 7) is 2.97. The van der Waals surface area contributed by atoms with Gasteiger partial charge in [-0.25, -0.2) is 4.98 Å². The van der Waals surface area contributed by atoms with E-state index in [4.69, 9.17) is 0 Å². The molecule has 24 heavy (non-hydrogen) atoms. The van der Waals surface area contributed by atoms with Crippen molar-refractivity contribution in [2.75, 3.05) is 19.6 Å². The summed E-state index contributed by atoms with van der Waals surface area (Å²) in [7, 11) is 0. The van der Waals surface area contributed by atoms with Gasteiger partial charge in [0.15, 0.2) is 0 Å². The highest BCUT2D eigenvalue weighted by Gasteiger charge is 2.20. The number of alkyl halides is 2. The van der Waals surface area contributed by atoms with Crippen LogP contribution in [0.4, 0.5) is 8.78 Å². The van der Waals surface area contributed by atoms with Crippen molar-refractivity contribution in [2.24, 2.45) is 0 Å². The van der Waals surface area contributed by atoms with Gasteiger partial charge in [0.2, 0.25) is 5.91 Å². The lowest BCUT2D eigenvalue weighted by molar-refractivity contribution is -0.122. The molecule has 2 rings (SSSR count). The fraction of sp³-hybridized carbons (Fsp3) is 0.529. The molecule has 0 unspecified atom stereocenters. The van der Waals surface area contributed by atoms with Gasteiger partial charge in [-0.1, -0.05) is 26.0 Å². The van der Waals surface area contributed by atoms with Gasteiger partial charge in [-0.05, 0) is 31.5 Å². The minimum atomic E-state index is -2.66. The number of nitrogens with zero attached hydrogens (tertiary/aromatic N) is 3. The van der Waals surface area contributed by atoms with Crippen LogP contribution in [0.1, 0.15) is 39.1 Å². The smallest absolute Gasteiger partial charge is 0.320 e. The van der Waals surface area contributed by atoms with Crippen LogP contribution in [0.2, 0.25) is 0 Å². The Morgan fingerprint density at radius 2 is 2.04 bits per heavy atom. The molecular formula is C17H24F2N4O. The van der Waals surface area contributed by atoms with E-state index >= 15 is 0 Å².